The second kappa shape index (κ2) is 13.3. The molecule has 4 rings (SSSR count). The molecule has 0 saturated heterocycles. The third-order valence-electron chi connectivity index (χ3n) is 6.77. The normalized spacial score (nSPS) is 10.6. The summed E-state index contributed by atoms with van der Waals surface area (Å²) in [6, 6.07) is 22.9. The van der Waals surface area contributed by atoms with Crippen LogP contribution in [0.3, 0.4) is 0 Å². The molecule has 3 aromatic carbocycles. The molecule has 0 radical (unpaired) electrons. The summed E-state index contributed by atoms with van der Waals surface area (Å²) < 4.78 is 16.2. The van der Waals surface area contributed by atoms with Crippen LogP contribution in [0.4, 0.5) is 5.88 Å². The first kappa shape index (κ1) is 28.9. The van der Waals surface area contributed by atoms with Gasteiger partial charge in [0, 0.05) is 37.3 Å². The van der Waals surface area contributed by atoms with Crippen molar-refractivity contribution >= 4 is 23.7 Å². The second-order valence-electron chi connectivity index (χ2n) is 9.27. The number of furan rings is 1. The molecule has 0 spiro atoms. The summed E-state index contributed by atoms with van der Waals surface area (Å²) in [7, 11) is 4.76. The number of hydrogen-bond acceptors (Lipinski definition) is 6. The maximum atomic E-state index is 14.0. The lowest BCUT2D eigenvalue weighted by Gasteiger charge is -2.24. The molecule has 2 amide bonds. The van der Waals surface area contributed by atoms with Crippen molar-refractivity contribution in [3.63, 3.8) is 0 Å². The van der Waals surface area contributed by atoms with Crippen LogP contribution in [0.25, 0.3) is 11.1 Å². The number of aliphatic carboxylic acids is 1. The number of carboxylic acids is 1. The Morgan fingerprint density at radius 1 is 0.805 bits per heavy atom. The fourth-order valence-corrected chi connectivity index (χ4v) is 4.60. The van der Waals surface area contributed by atoms with Gasteiger partial charge >= 0.3 is 5.97 Å². The lowest BCUT2D eigenvalue weighted by Crippen LogP contribution is -2.35. The Labute approximate surface area is 238 Å². The fourth-order valence-electron chi connectivity index (χ4n) is 4.60. The first-order valence-corrected chi connectivity index (χ1v) is 13.1. The molecule has 0 aliphatic carbocycles. The minimum Gasteiger partial charge on any atom is -0.497 e. The molecule has 0 bridgehead atoms. The van der Waals surface area contributed by atoms with Crippen molar-refractivity contribution in [2.75, 3.05) is 39.3 Å². The van der Waals surface area contributed by atoms with Crippen LogP contribution < -0.4 is 14.4 Å². The molecule has 0 aliphatic heterocycles. The van der Waals surface area contributed by atoms with Crippen LogP contribution in [-0.4, -0.2) is 62.1 Å². The molecule has 1 N–H and O–H groups in total. The average molecular weight is 557 g/mol. The molecule has 0 saturated carbocycles. The molecule has 0 unspecified atom stereocenters. The molecule has 212 valence electrons. The fraction of sp³-hybridized carbons (Fsp3) is 0.219. The molecule has 1 aromatic heterocycles. The van der Waals surface area contributed by atoms with E-state index in [-0.39, 0.29) is 31.3 Å². The monoisotopic (exact) mass is 556 g/mol. The molecule has 1 heterocycles. The second-order valence-corrected chi connectivity index (χ2v) is 9.27. The average Bonchev–Trinajstić information content (AvgIpc) is 3.55. The number of anilines is 1. The molecule has 0 fully saturated rings. The third-order valence-corrected chi connectivity index (χ3v) is 6.77. The van der Waals surface area contributed by atoms with E-state index < -0.39 is 5.97 Å². The summed E-state index contributed by atoms with van der Waals surface area (Å²) in [5, 5.41) is 9.39. The van der Waals surface area contributed by atoms with E-state index in [0.717, 1.165) is 5.56 Å². The van der Waals surface area contributed by atoms with Gasteiger partial charge in [0.05, 0.1) is 26.9 Å². The molecule has 0 aliphatic rings. The van der Waals surface area contributed by atoms with Crippen molar-refractivity contribution in [3.8, 4) is 22.6 Å². The van der Waals surface area contributed by atoms with E-state index in [2.05, 4.69) is 0 Å². The quantitative estimate of drug-likeness (QED) is 0.249. The lowest BCUT2D eigenvalue weighted by molar-refractivity contribution is -0.137. The topological polar surface area (TPSA) is 110 Å². The number of benzene rings is 3. The predicted molar refractivity (Wildman–Crippen MR) is 155 cm³/mol. The van der Waals surface area contributed by atoms with Gasteiger partial charge in [0.15, 0.2) is 0 Å². The van der Waals surface area contributed by atoms with Crippen LogP contribution in [0.15, 0.2) is 89.5 Å². The molecule has 9 nitrogen and oxygen atoms in total. The summed E-state index contributed by atoms with van der Waals surface area (Å²) in [5.74, 6) is 0.0326. The Hall–Kier alpha value is -5.05. The van der Waals surface area contributed by atoms with Crippen molar-refractivity contribution in [2.45, 2.75) is 12.8 Å². The Bertz CT molecular complexity index is 1510. The van der Waals surface area contributed by atoms with E-state index in [1.165, 1.54) is 16.1 Å². The highest BCUT2D eigenvalue weighted by Crippen LogP contribution is 2.31. The summed E-state index contributed by atoms with van der Waals surface area (Å²) >= 11 is 0. The van der Waals surface area contributed by atoms with Gasteiger partial charge < -0.3 is 23.9 Å². The largest absolute Gasteiger partial charge is 0.497 e. The first-order valence-electron chi connectivity index (χ1n) is 13.1. The molecule has 9 heteroatoms. The number of hydrogen-bond donors (Lipinski definition) is 1. The Morgan fingerprint density at radius 3 is 2.05 bits per heavy atom. The highest BCUT2D eigenvalue weighted by Gasteiger charge is 2.24. The van der Waals surface area contributed by atoms with Crippen LogP contribution in [0.5, 0.6) is 11.5 Å². The number of carboxylic acid groups (broad SMARTS) is 1. The summed E-state index contributed by atoms with van der Waals surface area (Å²) in [6.45, 7) is 0.252. The zero-order valence-corrected chi connectivity index (χ0v) is 23.2. The van der Waals surface area contributed by atoms with Crippen molar-refractivity contribution in [2.24, 2.45) is 0 Å². The van der Waals surface area contributed by atoms with Gasteiger partial charge in [-0.1, -0.05) is 36.4 Å². The first-order chi connectivity index (χ1) is 19.8. The van der Waals surface area contributed by atoms with Gasteiger partial charge in [-0.05, 0) is 59.5 Å². The van der Waals surface area contributed by atoms with E-state index >= 15 is 0 Å². The minimum atomic E-state index is -1.01. The zero-order chi connectivity index (χ0) is 29.4. The third kappa shape index (κ3) is 6.75. The van der Waals surface area contributed by atoms with E-state index in [1.54, 1.807) is 94.1 Å². The van der Waals surface area contributed by atoms with Crippen LogP contribution in [0.1, 0.15) is 32.7 Å². The number of nitrogens with zero attached hydrogens (tertiary/aromatic N) is 2. The van der Waals surface area contributed by atoms with Gasteiger partial charge in [-0.3, -0.25) is 19.3 Å². The molecule has 41 heavy (non-hydrogen) atoms. The van der Waals surface area contributed by atoms with Crippen LogP contribution in [0.2, 0.25) is 0 Å². The van der Waals surface area contributed by atoms with Gasteiger partial charge in [-0.25, -0.2) is 0 Å². The number of amides is 2. The van der Waals surface area contributed by atoms with Gasteiger partial charge in [0.2, 0.25) is 5.88 Å². The van der Waals surface area contributed by atoms with Gasteiger partial charge in [-0.2, -0.15) is 0 Å². The molecule has 4 aromatic rings. The van der Waals surface area contributed by atoms with Crippen molar-refractivity contribution < 1.29 is 33.4 Å². The van der Waals surface area contributed by atoms with E-state index in [0.29, 0.717) is 46.1 Å². The van der Waals surface area contributed by atoms with Crippen LogP contribution >= 0.6 is 0 Å². The Balaban J connectivity index is 1.68. The van der Waals surface area contributed by atoms with Crippen LogP contribution in [0, 0.1) is 0 Å². The number of carbonyl (C=O) groups excluding carboxylic acids is 2. The van der Waals surface area contributed by atoms with E-state index in [1.807, 2.05) is 6.07 Å². The maximum absolute atomic E-state index is 14.0. The Morgan fingerprint density at radius 2 is 1.46 bits per heavy atom. The smallest absolute Gasteiger partial charge is 0.305 e. The molecular weight excluding hydrogens is 524 g/mol. The minimum absolute atomic E-state index is 0.0105. The molecular formula is C32H32N2O7. The predicted octanol–water partition coefficient (Wildman–Crippen LogP) is 5.40. The zero-order valence-electron chi connectivity index (χ0n) is 23.2. The van der Waals surface area contributed by atoms with E-state index in [9.17, 15) is 19.5 Å². The highest BCUT2D eigenvalue weighted by molar-refractivity contribution is 6.11. The van der Waals surface area contributed by atoms with Crippen molar-refractivity contribution in [1.82, 2.24) is 4.90 Å². The molecule has 0 atom stereocenters. The van der Waals surface area contributed by atoms with Crippen molar-refractivity contribution in [3.05, 3.63) is 102 Å². The van der Waals surface area contributed by atoms with Gasteiger partial charge in [0.25, 0.3) is 11.8 Å². The number of rotatable bonds is 12. The number of carbonyl (C=O) groups is 3. The van der Waals surface area contributed by atoms with Gasteiger partial charge in [0.1, 0.15) is 11.5 Å². The number of methoxy groups -OCH3 is 2. The lowest BCUT2D eigenvalue weighted by atomic mass is 9.94. The summed E-state index contributed by atoms with van der Waals surface area (Å²) in [5.41, 5.74) is 2.72. The van der Waals surface area contributed by atoms with Crippen molar-refractivity contribution in [1.29, 1.82) is 0 Å². The standard InChI is InChI=1S/C32H32N2O7/c1-33(29-13-8-20-41-29)31(37)26-11-6-4-9-24(26)25-10-5-7-12-27(25)32(38)34(19-17-30(35)36)18-16-22-21-23(39-2)14-15-28(22)40-3/h4-15,20-21H,16-19H2,1-3H3,(H,35,36). The number of ether oxygens (including phenoxy) is 2. The Kier molecular flexibility index (Phi) is 9.42. The van der Waals surface area contributed by atoms with Gasteiger partial charge in [-0.15, -0.1) is 0 Å². The summed E-state index contributed by atoms with van der Waals surface area (Å²) in [6.07, 6.45) is 1.69. The van der Waals surface area contributed by atoms with E-state index in [4.69, 9.17) is 13.9 Å². The highest BCUT2D eigenvalue weighted by atomic mass is 16.5. The summed E-state index contributed by atoms with van der Waals surface area (Å²) in [4.78, 5) is 41.9. The van der Waals surface area contributed by atoms with Crippen LogP contribution in [-0.2, 0) is 11.2 Å². The SMILES string of the molecule is COc1ccc(OC)c(CCN(CCC(=O)O)C(=O)c2ccccc2-c2ccccc2C(=O)N(C)c2ccco2)c1. The maximum Gasteiger partial charge on any atom is 0.305 e.